The number of hydrogen-bond acceptors (Lipinski definition) is 1. The second-order valence-corrected chi connectivity index (χ2v) is 5.12. The van der Waals surface area contributed by atoms with E-state index in [2.05, 4.69) is 24.2 Å². The molecule has 4 heteroatoms. The van der Waals surface area contributed by atoms with E-state index >= 15 is 0 Å². The fourth-order valence-corrected chi connectivity index (χ4v) is 1.76. The minimum absolute atomic E-state index is 0.516. The highest BCUT2D eigenvalue weighted by atomic mass is 35.5. The van der Waals surface area contributed by atoms with Crippen molar-refractivity contribution in [1.29, 1.82) is 0 Å². The van der Waals surface area contributed by atoms with Gasteiger partial charge in [-0.15, -0.1) is 0 Å². The molecule has 1 aromatic rings. The lowest BCUT2D eigenvalue weighted by molar-refractivity contribution is 0.595. The van der Waals surface area contributed by atoms with Gasteiger partial charge in [-0.25, -0.2) is 0 Å². The predicted molar refractivity (Wildman–Crippen MR) is 79.1 cm³/mol. The van der Waals surface area contributed by atoms with Gasteiger partial charge in [-0.1, -0.05) is 43.6 Å². The summed E-state index contributed by atoms with van der Waals surface area (Å²) in [6, 6.07) is 7.84. The molecule has 100 valence electrons. The first-order valence-corrected chi connectivity index (χ1v) is 6.74. The molecule has 1 aromatic carbocycles. The zero-order valence-electron chi connectivity index (χ0n) is 11.1. The smallest absolute Gasteiger partial charge is 0.188 e. The fraction of sp³-hybridized carbons (Fsp3) is 0.500. The highest BCUT2D eigenvalue weighted by Gasteiger charge is 1.99. The summed E-state index contributed by atoms with van der Waals surface area (Å²) in [7, 11) is 0. The quantitative estimate of drug-likeness (QED) is 0.615. The van der Waals surface area contributed by atoms with Crippen molar-refractivity contribution >= 4 is 17.6 Å². The molecule has 0 fully saturated rings. The molecule has 0 aliphatic rings. The van der Waals surface area contributed by atoms with Gasteiger partial charge in [0, 0.05) is 18.1 Å². The van der Waals surface area contributed by atoms with Crippen LogP contribution in [0.2, 0.25) is 5.02 Å². The summed E-state index contributed by atoms with van der Waals surface area (Å²) in [5.41, 5.74) is 6.89. The van der Waals surface area contributed by atoms with Gasteiger partial charge in [0.1, 0.15) is 0 Å². The minimum atomic E-state index is 0.516. The molecule has 0 spiro atoms. The number of nitrogens with two attached hydrogens (primary N) is 1. The van der Waals surface area contributed by atoms with E-state index in [9.17, 15) is 0 Å². The molecule has 3 N–H and O–H groups in total. The molecule has 0 saturated heterocycles. The van der Waals surface area contributed by atoms with Crippen LogP contribution in [0.15, 0.2) is 29.3 Å². The summed E-state index contributed by atoms with van der Waals surface area (Å²) in [4.78, 5) is 4.27. The van der Waals surface area contributed by atoms with Crippen LogP contribution in [0.3, 0.4) is 0 Å². The first kappa shape index (κ1) is 14.8. The van der Waals surface area contributed by atoms with Crippen LogP contribution in [-0.2, 0) is 6.42 Å². The maximum absolute atomic E-state index is 6.07. The number of nitrogens with one attached hydrogen (secondary N) is 1. The number of guanidine groups is 1. The van der Waals surface area contributed by atoms with Crippen LogP contribution >= 0.6 is 11.6 Å². The maximum Gasteiger partial charge on any atom is 0.188 e. The lowest BCUT2D eigenvalue weighted by Crippen LogP contribution is -2.33. The van der Waals surface area contributed by atoms with Crippen molar-refractivity contribution in [3.8, 4) is 0 Å². The predicted octanol–water partition coefficient (Wildman–Crippen LogP) is 2.83. The molecular formula is C14H22ClN3. The van der Waals surface area contributed by atoms with Gasteiger partial charge in [-0.05, 0) is 30.4 Å². The molecule has 0 aliphatic carbocycles. The minimum Gasteiger partial charge on any atom is -0.370 e. The van der Waals surface area contributed by atoms with Crippen molar-refractivity contribution in [3.05, 3.63) is 34.9 Å². The Morgan fingerprint density at radius 1 is 1.39 bits per heavy atom. The molecule has 0 atom stereocenters. The molecule has 0 amide bonds. The third kappa shape index (κ3) is 5.92. The lowest BCUT2D eigenvalue weighted by atomic mass is 10.1. The van der Waals surface area contributed by atoms with Gasteiger partial charge in [0.25, 0.3) is 0 Å². The first-order valence-electron chi connectivity index (χ1n) is 6.36. The van der Waals surface area contributed by atoms with E-state index in [1.54, 1.807) is 0 Å². The number of rotatable bonds is 6. The highest BCUT2D eigenvalue weighted by molar-refractivity contribution is 6.31. The molecule has 0 heterocycles. The monoisotopic (exact) mass is 267 g/mol. The summed E-state index contributed by atoms with van der Waals surface area (Å²) in [5, 5.41) is 3.90. The van der Waals surface area contributed by atoms with Gasteiger partial charge in [0.2, 0.25) is 0 Å². The van der Waals surface area contributed by atoms with Crippen LogP contribution in [-0.4, -0.2) is 19.0 Å². The second-order valence-electron chi connectivity index (χ2n) is 4.72. The second kappa shape index (κ2) is 7.98. The van der Waals surface area contributed by atoms with Gasteiger partial charge < -0.3 is 11.1 Å². The molecule has 0 saturated carbocycles. The summed E-state index contributed by atoms with van der Waals surface area (Å²) in [5.74, 6) is 1.17. The van der Waals surface area contributed by atoms with Crippen LogP contribution in [0, 0.1) is 5.92 Å². The Morgan fingerprint density at radius 2 is 2.11 bits per heavy atom. The van der Waals surface area contributed by atoms with E-state index in [1.807, 2.05) is 24.3 Å². The normalized spacial score (nSPS) is 11.9. The molecule has 0 aliphatic heterocycles. The zero-order chi connectivity index (χ0) is 13.4. The van der Waals surface area contributed by atoms with Crippen molar-refractivity contribution in [1.82, 2.24) is 5.32 Å². The summed E-state index contributed by atoms with van der Waals surface area (Å²) in [6.07, 6.45) is 1.91. The van der Waals surface area contributed by atoms with Gasteiger partial charge in [-0.2, -0.15) is 0 Å². The Bertz CT molecular complexity index is 388. The van der Waals surface area contributed by atoms with E-state index in [1.165, 1.54) is 0 Å². The molecule has 0 unspecified atom stereocenters. The number of benzene rings is 1. The maximum atomic E-state index is 6.07. The van der Waals surface area contributed by atoms with Crippen molar-refractivity contribution in [3.63, 3.8) is 0 Å². The van der Waals surface area contributed by atoms with Gasteiger partial charge >= 0.3 is 0 Å². The standard InChI is InChI=1S/C14H22ClN3/c1-11(2)7-9-17-14(16)18-10-8-12-5-3-4-6-13(12)15/h3-6,11H,7-10H2,1-2H3,(H3,16,17,18). The number of hydrogen-bond donors (Lipinski definition) is 2. The third-order valence-corrected chi connectivity index (χ3v) is 3.02. The van der Waals surface area contributed by atoms with Crippen LogP contribution in [0.5, 0.6) is 0 Å². The Morgan fingerprint density at radius 3 is 2.78 bits per heavy atom. The molecule has 3 nitrogen and oxygen atoms in total. The Kier molecular flexibility index (Phi) is 6.58. The van der Waals surface area contributed by atoms with Crippen molar-refractivity contribution in [2.45, 2.75) is 26.7 Å². The van der Waals surface area contributed by atoms with E-state index in [-0.39, 0.29) is 0 Å². The van der Waals surface area contributed by atoms with Crippen molar-refractivity contribution in [2.75, 3.05) is 13.1 Å². The molecule has 0 aromatic heterocycles. The van der Waals surface area contributed by atoms with Gasteiger partial charge in [0.05, 0.1) is 0 Å². The molecule has 18 heavy (non-hydrogen) atoms. The van der Waals surface area contributed by atoms with Gasteiger partial charge in [0.15, 0.2) is 5.96 Å². The topological polar surface area (TPSA) is 50.4 Å². The zero-order valence-corrected chi connectivity index (χ0v) is 11.9. The fourth-order valence-electron chi connectivity index (χ4n) is 1.53. The van der Waals surface area contributed by atoms with Crippen molar-refractivity contribution in [2.24, 2.45) is 16.6 Å². The molecule has 0 bridgehead atoms. The average Bonchev–Trinajstić information content (AvgIpc) is 2.31. The number of halogens is 1. The summed E-state index contributed by atoms with van der Waals surface area (Å²) >= 11 is 6.07. The van der Waals surface area contributed by atoms with Crippen LogP contribution in [0.4, 0.5) is 0 Å². The largest absolute Gasteiger partial charge is 0.370 e. The number of aliphatic imine (C=N–C) groups is 1. The summed E-state index contributed by atoms with van der Waals surface area (Å²) < 4.78 is 0. The van der Waals surface area contributed by atoms with E-state index in [4.69, 9.17) is 17.3 Å². The molecule has 0 radical (unpaired) electrons. The van der Waals surface area contributed by atoms with E-state index < -0.39 is 0 Å². The lowest BCUT2D eigenvalue weighted by Gasteiger charge is -2.07. The van der Waals surface area contributed by atoms with Crippen LogP contribution < -0.4 is 11.1 Å². The Balaban J connectivity index is 2.27. The van der Waals surface area contributed by atoms with Crippen LogP contribution in [0.25, 0.3) is 0 Å². The van der Waals surface area contributed by atoms with E-state index in [0.717, 1.165) is 36.5 Å². The molecular weight excluding hydrogens is 246 g/mol. The van der Waals surface area contributed by atoms with Gasteiger partial charge in [-0.3, -0.25) is 4.99 Å². The first-order chi connectivity index (χ1) is 8.59. The van der Waals surface area contributed by atoms with E-state index in [0.29, 0.717) is 11.9 Å². The average molecular weight is 268 g/mol. The summed E-state index contributed by atoms with van der Waals surface area (Å²) in [6.45, 7) is 5.89. The molecule has 1 rings (SSSR count). The Hall–Kier alpha value is -1.22. The SMILES string of the molecule is CC(C)CCN=C(N)NCCc1ccccc1Cl. The number of nitrogens with zero attached hydrogens (tertiary/aromatic N) is 1. The third-order valence-electron chi connectivity index (χ3n) is 2.65. The highest BCUT2D eigenvalue weighted by Crippen LogP contribution is 2.14. The Labute approximate surface area is 114 Å². The van der Waals surface area contributed by atoms with Crippen molar-refractivity contribution < 1.29 is 0 Å². The van der Waals surface area contributed by atoms with Crippen LogP contribution in [0.1, 0.15) is 25.8 Å².